The highest BCUT2D eigenvalue weighted by Gasteiger charge is 2.24. The normalized spacial score (nSPS) is 18.7. The first-order valence-corrected chi connectivity index (χ1v) is 13.3. The number of hydrogen-bond acceptors (Lipinski definition) is 8. The van der Waals surface area contributed by atoms with Gasteiger partial charge in [-0.05, 0) is 61.4 Å². The van der Waals surface area contributed by atoms with Crippen molar-refractivity contribution in [2.45, 2.75) is 43.4 Å². The lowest BCUT2D eigenvalue weighted by molar-refractivity contribution is 0.460. The number of nitrogens with one attached hydrogen (secondary N) is 3. The Morgan fingerprint density at radius 3 is 2.82 bits per heavy atom. The summed E-state index contributed by atoms with van der Waals surface area (Å²) in [6, 6.07) is 10.3. The second kappa shape index (κ2) is 8.65. The van der Waals surface area contributed by atoms with Crippen LogP contribution in [0.2, 0.25) is 0 Å². The summed E-state index contributed by atoms with van der Waals surface area (Å²) in [6.45, 7) is 1.86. The standard InChI is InChI=1S/C23H27N7O2S/c1-33(31,32)14-16-9-19(6-7-20(16)15-3-2-8-25-12-15)27-21-10-22(28-18-4-5-18)30-23(29-21)17(11-24)13-26-30/h6-7,9-10,13,15,18,25,28H,2-5,8,12,14H2,1H3,(H,27,29)/t15-/m0/s1. The van der Waals surface area contributed by atoms with Gasteiger partial charge in [-0.15, -0.1) is 0 Å². The van der Waals surface area contributed by atoms with Crippen molar-refractivity contribution in [3.63, 3.8) is 0 Å². The van der Waals surface area contributed by atoms with Crippen molar-refractivity contribution in [1.29, 1.82) is 5.26 Å². The summed E-state index contributed by atoms with van der Waals surface area (Å²) in [5, 5.41) is 23.9. The Balaban J connectivity index is 1.50. The predicted octanol–water partition coefficient (Wildman–Crippen LogP) is 2.93. The quantitative estimate of drug-likeness (QED) is 0.487. The average molecular weight is 466 g/mol. The first kappa shape index (κ1) is 21.7. The molecule has 1 aliphatic carbocycles. The first-order valence-electron chi connectivity index (χ1n) is 11.2. The number of piperidine rings is 1. The summed E-state index contributed by atoms with van der Waals surface area (Å²) in [6.07, 6.45) is 7.11. The fraction of sp³-hybridized carbons (Fsp3) is 0.435. The molecular formula is C23H27N7O2S. The maximum Gasteiger partial charge on any atom is 0.177 e. The van der Waals surface area contributed by atoms with Crippen LogP contribution in [0, 0.1) is 11.3 Å². The van der Waals surface area contributed by atoms with Crippen molar-refractivity contribution in [1.82, 2.24) is 19.9 Å². The monoisotopic (exact) mass is 465 g/mol. The molecule has 0 radical (unpaired) electrons. The highest BCUT2D eigenvalue weighted by Crippen LogP contribution is 2.32. The molecule has 0 spiro atoms. The molecule has 3 aromatic rings. The van der Waals surface area contributed by atoms with Gasteiger partial charge in [-0.3, -0.25) is 0 Å². The van der Waals surface area contributed by atoms with Gasteiger partial charge in [0.15, 0.2) is 15.5 Å². The summed E-state index contributed by atoms with van der Waals surface area (Å²) >= 11 is 0. The van der Waals surface area contributed by atoms with Crippen molar-refractivity contribution >= 4 is 32.8 Å². The molecule has 2 aliphatic rings. The maximum atomic E-state index is 12.1. The number of aromatic nitrogens is 3. The summed E-state index contributed by atoms with van der Waals surface area (Å²) < 4.78 is 25.9. The lowest BCUT2D eigenvalue weighted by atomic mass is 9.88. The zero-order valence-corrected chi connectivity index (χ0v) is 19.3. The van der Waals surface area contributed by atoms with Crippen LogP contribution >= 0.6 is 0 Å². The van der Waals surface area contributed by atoms with Gasteiger partial charge in [0.1, 0.15) is 23.3 Å². The molecule has 5 rings (SSSR count). The molecule has 9 nitrogen and oxygen atoms in total. The number of hydrogen-bond donors (Lipinski definition) is 3. The maximum absolute atomic E-state index is 12.1. The molecule has 1 saturated heterocycles. The van der Waals surface area contributed by atoms with E-state index < -0.39 is 9.84 Å². The SMILES string of the molecule is CS(=O)(=O)Cc1cc(Nc2cc(NC3CC3)n3ncc(C#N)c3n2)ccc1[C@H]1CCCNC1. The van der Waals surface area contributed by atoms with Gasteiger partial charge >= 0.3 is 0 Å². The molecular weight excluding hydrogens is 438 g/mol. The van der Waals surface area contributed by atoms with E-state index in [1.54, 1.807) is 4.52 Å². The smallest absolute Gasteiger partial charge is 0.177 e. The largest absolute Gasteiger partial charge is 0.367 e. The molecule has 2 aromatic heterocycles. The molecule has 1 atom stereocenters. The first-order chi connectivity index (χ1) is 15.9. The highest BCUT2D eigenvalue weighted by atomic mass is 32.2. The zero-order valence-electron chi connectivity index (χ0n) is 18.5. The molecule has 2 fully saturated rings. The Morgan fingerprint density at radius 2 is 2.12 bits per heavy atom. The van der Waals surface area contributed by atoms with Crippen LogP contribution in [-0.2, 0) is 15.6 Å². The molecule has 0 bridgehead atoms. The summed E-state index contributed by atoms with van der Waals surface area (Å²) in [5.74, 6) is 1.64. The Labute approximate surface area is 193 Å². The van der Waals surface area contributed by atoms with E-state index in [-0.39, 0.29) is 5.75 Å². The molecule has 10 heteroatoms. The van der Waals surface area contributed by atoms with Crippen LogP contribution in [0.3, 0.4) is 0 Å². The molecule has 1 aromatic carbocycles. The van der Waals surface area contributed by atoms with Crippen molar-refractivity contribution in [2.24, 2.45) is 0 Å². The molecule has 3 N–H and O–H groups in total. The van der Waals surface area contributed by atoms with E-state index in [0.717, 1.165) is 61.4 Å². The number of sulfone groups is 1. The lowest BCUT2D eigenvalue weighted by Crippen LogP contribution is -2.29. The number of anilines is 3. The van der Waals surface area contributed by atoms with Gasteiger partial charge in [0.25, 0.3) is 0 Å². The van der Waals surface area contributed by atoms with Crippen molar-refractivity contribution < 1.29 is 8.42 Å². The number of nitrogens with zero attached hydrogens (tertiary/aromatic N) is 4. The number of fused-ring (bicyclic) bond motifs is 1. The minimum Gasteiger partial charge on any atom is -0.367 e. The summed E-state index contributed by atoms with van der Waals surface area (Å²) in [7, 11) is -3.19. The average Bonchev–Trinajstić information content (AvgIpc) is 3.49. The highest BCUT2D eigenvalue weighted by molar-refractivity contribution is 7.89. The molecule has 3 heterocycles. The molecule has 0 unspecified atom stereocenters. The molecule has 0 amide bonds. The van der Waals surface area contributed by atoms with E-state index in [1.807, 2.05) is 24.3 Å². The Kier molecular flexibility index (Phi) is 5.68. The van der Waals surface area contributed by atoms with Crippen LogP contribution in [0.1, 0.15) is 48.3 Å². The van der Waals surface area contributed by atoms with Crippen molar-refractivity contribution in [2.75, 3.05) is 30.0 Å². The van der Waals surface area contributed by atoms with E-state index in [9.17, 15) is 13.7 Å². The lowest BCUT2D eigenvalue weighted by Gasteiger charge is -2.25. The minimum atomic E-state index is -3.19. The van der Waals surface area contributed by atoms with Crippen molar-refractivity contribution in [3.8, 4) is 6.07 Å². The topological polar surface area (TPSA) is 124 Å². The minimum absolute atomic E-state index is 0.00347. The third kappa shape index (κ3) is 4.94. The molecule has 1 saturated carbocycles. The van der Waals surface area contributed by atoms with Gasteiger partial charge in [0.2, 0.25) is 0 Å². The van der Waals surface area contributed by atoms with E-state index in [4.69, 9.17) is 0 Å². The van der Waals surface area contributed by atoms with Crippen LogP contribution in [0.25, 0.3) is 5.65 Å². The van der Waals surface area contributed by atoms with Gasteiger partial charge in [-0.2, -0.15) is 14.9 Å². The van der Waals surface area contributed by atoms with Crippen LogP contribution in [-0.4, -0.2) is 48.4 Å². The van der Waals surface area contributed by atoms with Gasteiger partial charge in [0.05, 0.1) is 11.9 Å². The second-order valence-corrected chi connectivity index (χ2v) is 11.1. The van der Waals surface area contributed by atoms with Gasteiger partial charge in [0, 0.05) is 30.6 Å². The van der Waals surface area contributed by atoms with Gasteiger partial charge < -0.3 is 16.0 Å². The molecule has 1 aliphatic heterocycles. The van der Waals surface area contributed by atoms with E-state index in [0.29, 0.717) is 29.0 Å². The summed E-state index contributed by atoms with van der Waals surface area (Å²) in [4.78, 5) is 4.60. The van der Waals surface area contributed by atoms with Crippen LogP contribution in [0.4, 0.5) is 17.3 Å². The number of nitriles is 1. The summed E-state index contributed by atoms with van der Waals surface area (Å²) in [5.41, 5.74) is 3.53. The zero-order chi connectivity index (χ0) is 23.0. The molecule has 172 valence electrons. The van der Waals surface area contributed by atoms with E-state index >= 15 is 0 Å². The molecule has 33 heavy (non-hydrogen) atoms. The third-order valence-electron chi connectivity index (χ3n) is 6.09. The number of benzene rings is 1. The van der Waals surface area contributed by atoms with Crippen LogP contribution in [0.5, 0.6) is 0 Å². The Hall–Kier alpha value is -3.16. The third-order valence-corrected chi connectivity index (χ3v) is 6.93. The van der Waals surface area contributed by atoms with E-state index in [1.165, 1.54) is 12.5 Å². The Morgan fingerprint density at radius 1 is 1.27 bits per heavy atom. The predicted molar refractivity (Wildman–Crippen MR) is 127 cm³/mol. The number of rotatable bonds is 7. The fourth-order valence-electron chi connectivity index (χ4n) is 4.40. The fourth-order valence-corrected chi connectivity index (χ4v) is 5.21. The van der Waals surface area contributed by atoms with Crippen LogP contribution in [0.15, 0.2) is 30.5 Å². The van der Waals surface area contributed by atoms with Gasteiger partial charge in [-0.25, -0.2) is 13.4 Å². The van der Waals surface area contributed by atoms with Crippen LogP contribution < -0.4 is 16.0 Å². The second-order valence-electron chi connectivity index (χ2n) is 9.00. The van der Waals surface area contributed by atoms with Gasteiger partial charge in [-0.1, -0.05) is 6.07 Å². The van der Waals surface area contributed by atoms with E-state index in [2.05, 4.69) is 32.1 Å². The Bertz CT molecular complexity index is 1330. The van der Waals surface area contributed by atoms with Crippen molar-refractivity contribution in [3.05, 3.63) is 47.2 Å².